The molecule has 1 nitrogen and oxygen atoms in total. The van der Waals surface area contributed by atoms with Gasteiger partial charge in [0.05, 0.1) is 6.61 Å². The van der Waals surface area contributed by atoms with E-state index < -0.39 is 0 Å². The van der Waals surface area contributed by atoms with Crippen LogP contribution in [0.4, 0.5) is 0 Å². The Morgan fingerprint density at radius 3 is 2.42 bits per heavy atom. The summed E-state index contributed by atoms with van der Waals surface area (Å²) in [7, 11) is 0. The topological polar surface area (TPSA) is 12.5 Å². The van der Waals surface area contributed by atoms with Crippen molar-refractivity contribution in [2.75, 3.05) is 6.61 Å². The molecule has 0 radical (unpaired) electrons. The first-order valence-electron chi connectivity index (χ1n) is 7.38. The molecule has 3 fully saturated rings. The third-order valence-corrected chi connectivity index (χ3v) is 6.41. The van der Waals surface area contributed by atoms with Crippen molar-refractivity contribution < 1.29 is 4.74 Å². The lowest BCUT2D eigenvalue weighted by Crippen LogP contribution is -2.31. The number of hydrogen-bond donors (Lipinski definition) is 0. The summed E-state index contributed by atoms with van der Waals surface area (Å²) in [5.74, 6) is 0.704. The van der Waals surface area contributed by atoms with Crippen molar-refractivity contribution in [3.05, 3.63) is 34.9 Å². The van der Waals surface area contributed by atoms with Gasteiger partial charge < -0.3 is 4.74 Å². The minimum Gasteiger partial charge on any atom is -0.369 e. The second-order valence-corrected chi connectivity index (χ2v) is 7.82. The van der Waals surface area contributed by atoms with Crippen molar-refractivity contribution in [1.82, 2.24) is 0 Å². The Morgan fingerprint density at radius 1 is 1.26 bits per heavy atom. The highest BCUT2D eigenvalue weighted by Crippen LogP contribution is 2.80. The summed E-state index contributed by atoms with van der Waals surface area (Å²) in [4.78, 5) is 0. The zero-order chi connectivity index (χ0) is 13.3. The summed E-state index contributed by atoms with van der Waals surface area (Å²) in [5.41, 5.74) is 2.62. The first kappa shape index (κ1) is 12.2. The predicted molar refractivity (Wildman–Crippen MR) is 77.4 cm³/mol. The summed E-state index contributed by atoms with van der Waals surface area (Å²) >= 11 is 5.96. The van der Waals surface area contributed by atoms with Crippen molar-refractivity contribution in [2.45, 2.75) is 45.1 Å². The Kier molecular flexibility index (Phi) is 2.29. The molecule has 1 saturated heterocycles. The summed E-state index contributed by atoms with van der Waals surface area (Å²) in [6.07, 6.45) is 5.19. The molecule has 1 aromatic carbocycles. The van der Waals surface area contributed by atoms with Crippen molar-refractivity contribution in [1.29, 1.82) is 0 Å². The Bertz CT molecular complexity index is 515. The molecule has 2 saturated carbocycles. The fourth-order valence-electron chi connectivity index (χ4n) is 4.88. The van der Waals surface area contributed by atoms with Crippen LogP contribution in [0.25, 0.3) is 0 Å². The second-order valence-electron chi connectivity index (χ2n) is 7.39. The normalized spacial score (nSPS) is 41.9. The highest BCUT2D eigenvalue weighted by atomic mass is 35.5. The van der Waals surface area contributed by atoms with E-state index in [1.54, 1.807) is 0 Å². The molecule has 3 unspecified atom stereocenters. The lowest BCUT2D eigenvalue weighted by atomic mass is 9.80. The molecule has 0 bridgehead atoms. The Morgan fingerprint density at radius 2 is 1.89 bits per heavy atom. The molecular weight excluding hydrogens is 256 g/mol. The molecule has 1 heterocycles. The van der Waals surface area contributed by atoms with Crippen LogP contribution in [-0.4, -0.2) is 12.2 Å². The van der Waals surface area contributed by atoms with Gasteiger partial charge in [-0.2, -0.15) is 0 Å². The van der Waals surface area contributed by atoms with Gasteiger partial charge in [0.25, 0.3) is 0 Å². The van der Waals surface area contributed by atoms with Gasteiger partial charge in [0.15, 0.2) is 0 Å². The summed E-state index contributed by atoms with van der Waals surface area (Å²) in [5, 5.41) is 0.826. The van der Waals surface area contributed by atoms with Gasteiger partial charge in [0.2, 0.25) is 0 Å². The SMILES string of the molecule is CC1(C)CC12CCC(Cc1ccc(Cl)cc1)C21CO1. The van der Waals surface area contributed by atoms with Crippen LogP contribution < -0.4 is 0 Å². The molecule has 2 heteroatoms. The molecule has 3 aliphatic rings. The molecule has 3 atom stereocenters. The van der Waals surface area contributed by atoms with Crippen molar-refractivity contribution in [3.8, 4) is 0 Å². The van der Waals surface area contributed by atoms with Gasteiger partial charge >= 0.3 is 0 Å². The van der Waals surface area contributed by atoms with Gasteiger partial charge in [0.1, 0.15) is 5.60 Å². The van der Waals surface area contributed by atoms with Crippen molar-refractivity contribution >= 4 is 11.6 Å². The Balaban J connectivity index is 1.57. The minimum atomic E-state index is 0.218. The molecular formula is C17H21ClO. The number of fused-ring (bicyclic) bond motifs is 1. The van der Waals surface area contributed by atoms with Crippen LogP contribution in [0.3, 0.4) is 0 Å². The number of benzene rings is 1. The lowest BCUT2D eigenvalue weighted by molar-refractivity contribution is 0.155. The van der Waals surface area contributed by atoms with Crippen LogP contribution >= 0.6 is 11.6 Å². The third-order valence-electron chi connectivity index (χ3n) is 6.15. The summed E-state index contributed by atoms with van der Waals surface area (Å²) in [6.45, 7) is 5.83. The molecule has 102 valence electrons. The monoisotopic (exact) mass is 276 g/mol. The number of hydrogen-bond acceptors (Lipinski definition) is 1. The predicted octanol–water partition coefficient (Wildman–Crippen LogP) is 4.48. The van der Waals surface area contributed by atoms with Gasteiger partial charge in [-0.1, -0.05) is 37.6 Å². The maximum atomic E-state index is 6.05. The molecule has 4 rings (SSSR count). The highest BCUT2D eigenvalue weighted by molar-refractivity contribution is 6.30. The molecule has 2 aliphatic carbocycles. The highest BCUT2D eigenvalue weighted by Gasteiger charge is 2.80. The van der Waals surface area contributed by atoms with E-state index in [1.165, 1.54) is 24.8 Å². The molecule has 19 heavy (non-hydrogen) atoms. The smallest absolute Gasteiger partial charge is 0.101 e. The Hall–Kier alpha value is -0.530. The van der Waals surface area contributed by atoms with E-state index in [4.69, 9.17) is 16.3 Å². The third kappa shape index (κ3) is 1.52. The number of halogens is 1. The molecule has 0 amide bonds. The van der Waals surface area contributed by atoms with Gasteiger partial charge in [0, 0.05) is 10.4 Å². The number of ether oxygens (including phenoxy) is 1. The fourth-order valence-corrected chi connectivity index (χ4v) is 5.00. The Labute approximate surface area is 120 Å². The average Bonchev–Trinajstić information content (AvgIpc) is 3.21. The zero-order valence-corrected chi connectivity index (χ0v) is 12.5. The average molecular weight is 277 g/mol. The van der Waals surface area contributed by atoms with Gasteiger partial charge in [-0.3, -0.25) is 0 Å². The second kappa shape index (κ2) is 3.56. The van der Waals surface area contributed by atoms with Crippen molar-refractivity contribution in [3.63, 3.8) is 0 Å². The first-order chi connectivity index (χ1) is 8.99. The number of rotatable bonds is 2. The molecule has 0 N–H and O–H groups in total. The summed E-state index contributed by atoms with van der Waals surface area (Å²) in [6, 6.07) is 8.34. The molecule has 1 aromatic rings. The van der Waals surface area contributed by atoms with Crippen LogP contribution in [-0.2, 0) is 11.2 Å². The molecule has 1 aliphatic heterocycles. The quantitative estimate of drug-likeness (QED) is 0.726. The van der Waals surface area contributed by atoms with Crippen LogP contribution in [0, 0.1) is 16.7 Å². The van der Waals surface area contributed by atoms with E-state index in [0.717, 1.165) is 18.1 Å². The number of epoxide rings is 1. The van der Waals surface area contributed by atoms with Crippen LogP contribution in [0.2, 0.25) is 5.02 Å². The maximum Gasteiger partial charge on any atom is 0.101 e. The van der Waals surface area contributed by atoms with E-state index in [9.17, 15) is 0 Å². The minimum absolute atomic E-state index is 0.218. The summed E-state index contributed by atoms with van der Waals surface area (Å²) < 4.78 is 6.05. The van der Waals surface area contributed by atoms with E-state index in [1.807, 2.05) is 12.1 Å². The van der Waals surface area contributed by atoms with Gasteiger partial charge in [-0.05, 0) is 54.7 Å². The van der Waals surface area contributed by atoms with Crippen LogP contribution in [0.5, 0.6) is 0 Å². The molecule has 0 aromatic heterocycles. The molecule has 2 spiro atoms. The van der Waals surface area contributed by atoms with Crippen LogP contribution in [0.15, 0.2) is 24.3 Å². The first-order valence-corrected chi connectivity index (χ1v) is 7.75. The van der Waals surface area contributed by atoms with E-state index in [-0.39, 0.29) is 5.60 Å². The fraction of sp³-hybridized carbons (Fsp3) is 0.647. The van der Waals surface area contributed by atoms with Crippen LogP contribution in [0.1, 0.15) is 38.7 Å². The van der Waals surface area contributed by atoms with E-state index in [2.05, 4.69) is 26.0 Å². The van der Waals surface area contributed by atoms with E-state index in [0.29, 0.717) is 16.7 Å². The van der Waals surface area contributed by atoms with Gasteiger partial charge in [-0.15, -0.1) is 0 Å². The van der Waals surface area contributed by atoms with Crippen molar-refractivity contribution in [2.24, 2.45) is 16.7 Å². The van der Waals surface area contributed by atoms with Gasteiger partial charge in [-0.25, -0.2) is 0 Å². The zero-order valence-electron chi connectivity index (χ0n) is 11.7. The standard InChI is InChI=1S/C17H21ClO/c1-15(2)10-16(15)8-7-13(17(16)11-19-17)9-12-3-5-14(18)6-4-12/h3-6,13H,7-11H2,1-2H3. The largest absolute Gasteiger partial charge is 0.369 e. The van der Waals surface area contributed by atoms with E-state index >= 15 is 0 Å². The maximum absolute atomic E-state index is 6.05. The lowest BCUT2D eigenvalue weighted by Gasteiger charge is -2.24.